The number of nitrogens with two attached hydrogens (primary N) is 1. The molecule has 0 aliphatic rings. The number of hydrogen-bond acceptors (Lipinski definition) is 2. The van der Waals surface area contributed by atoms with Gasteiger partial charge in [0.1, 0.15) is 0 Å². The molecule has 0 spiro atoms. The van der Waals surface area contributed by atoms with E-state index in [-0.39, 0.29) is 0 Å². The summed E-state index contributed by atoms with van der Waals surface area (Å²) in [5, 5.41) is 10.4. The minimum Gasteiger partial charge on any atom is -0.386 e. The van der Waals surface area contributed by atoms with Gasteiger partial charge in [-0.05, 0) is 31.0 Å². The van der Waals surface area contributed by atoms with E-state index in [2.05, 4.69) is 0 Å². The summed E-state index contributed by atoms with van der Waals surface area (Å²) in [7, 11) is 0. The Morgan fingerprint density at radius 2 is 2.08 bits per heavy atom. The lowest BCUT2D eigenvalue weighted by molar-refractivity contribution is 0.0776. The van der Waals surface area contributed by atoms with Crippen molar-refractivity contribution in [3.05, 3.63) is 34.3 Å². The normalized spacial score (nSPS) is 11.8. The topological polar surface area (TPSA) is 46.2 Å². The molecule has 72 valence electrons. The van der Waals surface area contributed by atoms with Crippen LogP contribution in [0.2, 0.25) is 5.02 Å². The van der Waals surface area contributed by atoms with E-state index in [1.807, 2.05) is 12.1 Å². The third kappa shape index (κ3) is 2.21. The first kappa shape index (κ1) is 10.5. The summed E-state index contributed by atoms with van der Waals surface area (Å²) in [6.45, 7) is 3.79. The van der Waals surface area contributed by atoms with Crippen LogP contribution in [0.25, 0.3) is 0 Å². The van der Waals surface area contributed by atoms with Crippen LogP contribution < -0.4 is 5.73 Å². The first-order chi connectivity index (χ1) is 5.96. The van der Waals surface area contributed by atoms with Crippen LogP contribution >= 0.6 is 11.6 Å². The fourth-order valence-electron chi connectivity index (χ4n) is 1.34. The maximum Gasteiger partial charge on any atom is 0.0844 e. The summed E-state index contributed by atoms with van der Waals surface area (Å²) in [4.78, 5) is 0. The summed E-state index contributed by atoms with van der Waals surface area (Å²) in [6.07, 6.45) is 0. The van der Waals surface area contributed by atoms with Gasteiger partial charge in [0.05, 0.1) is 5.60 Å². The molecule has 0 radical (unpaired) electrons. The molecule has 0 aliphatic heterocycles. The zero-order valence-corrected chi connectivity index (χ0v) is 8.60. The van der Waals surface area contributed by atoms with E-state index in [1.165, 1.54) is 0 Å². The first-order valence-corrected chi connectivity index (χ1v) is 4.55. The average molecular weight is 200 g/mol. The Labute approximate surface area is 83.3 Å². The third-order valence-corrected chi connectivity index (χ3v) is 2.34. The summed E-state index contributed by atoms with van der Waals surface area (Å²) in [5.41, 5.74) is 6.27. The summed E-state index contributed by atoms with van der Waals surface area (Å²) in [5.74, 6) is 0. The molecule has 0 atom stereocenters. The molecule has 0 heterocycles. The van der Waals surface area contributed by atoms with Crippen LogP contribution in [-0.2, 0) is 12.1 Å². The Morgan fingerprint density at radius 3 is 2.46 bits per heavy atom. The van der Waals surface area contributed by atoms with Gasteiger partial charge in [-0.2, -0.15) is 0 Å². The molecule has 1 aromatic carbocycles. The largest absolute Gasteiger partial charge is 0.386 e. The Morgan fingerprint density at radius 1 is 1.46 bits per heavy atom. The molecule has 0 saturated heterocycles. The summed E-state index contributed by atoms with van der Waals surface area (Å²) < 4.78 is 0. The highest BCUT2D eigenvalue weighted by Gasteiger charge is 2.20. The van der Waals surface area contributed by atoms with Gasteiger partial charge < -0.3 is 10.8 Å². The van der Waals surface area contributed by atoms with Crippen molar-refractivity contribution < 1.29 is 5.11 Å². The van der Waals surface area contributed by atoms with Crippen LogP contribution in [0.15, 0.2) is 18.2 Å². The van der Waals surface area contributed by atoms with Gasteiger partial charge in [0.25, 0.3) is 0 Å². The van der Waals surface area contributed by atoms with Crippen LogP contribution in [0.4, 0.5) is 0 Å². The van der Waals surface area contributed by atoms with Crippen LogP contribution in [0, 0.1) is 0 Å². The van der Waals surface area contributed by atoms with Gasteiger partial charge in [0.15, 0.2) is 0 Å². The Kier molecular flexibility index (Phi) is 2.96. The second kappa shape index (κ2) is 3.66. The van der Waals surface area contributed by atoms with Crippen LogP contribution in [-0.4, -0.2) is 5.11 Å². The van der Waals surface area contributed by atoms with Gasteiger partial charge in [-0.15, -0.1) is 0 Å². The Hall–Kier alpha value is -0.570. The lowest BCUT2D eigenvalue weighted by Gasteiger charge is -2.21. The standard InChI is InChI=1S/C10H14ClNO/c1-10(2,13)8-4-3-5-9(11)7(8)6-12/h3-5,13H,6,12H2,1-2H3. The number of benzene rings is 1. The highest BCUT2D eigenvalue weighted by atomic mass is 35.5. The lowest BCUT2D eigenvalue weighted by atomic mass is 9.93. The van der Waals surface area contributed by atoms with Crippen LogP contribution in [0.5, 0.6) is 0 Å². The molecule has 13 heavy (non-hydrogen) atoms. The third-order valence-electron chi connectivity index (χ3n) is 1.98. The highest BCUT2D eigenvalue weighted by molar-refractivity contribution is 6.31. The Bertz CT molecular complexity index is 304. The van der Waals surface area contributed by atoms with Gasteiger partial charge in [0, 0.05) is 11.6 Å². The molecular weight excluding hydrogens is 186 g/mol. The van der Waals surface area contributed by atoms with E-state index < -0.39 is 5.60 Å². The molecule has 3 heteroatoms. The zero-order valence-electron chi connectivity index (χ0n) is 7.84. The van der Waals surface area contributed by atoms with Crippen molar-refractivity contribution in [2.45, 2.75) is 26.0 Å². The molecule has 1 aromatic rings. The maximum absolute atomic E-state index is 9.81. The molecular formula is C10H14ClNO. The molecule has 0 fully saturated rings. The van der Waals surface area contributed by atoms with Crippen molar-refractivity contribution in [1.29, 1.82) is 0 Å². The van der Waals surface area contributed by atoms with Crippen molar-refractivity contribution in [3.63, 3.8) is 0 Å². The van der Waals surface area contributed by atoms with E-state index in [1.54, 1.807) is 19.9 Å². The number of hydrogen-bond donors (Lipinski definition) is 2. The average Bonchev–Trinajstić information content (AvgIpc) is 2.02. The highest BCUT2D eigenvalue weighted by Crippen LogP contribution is 2.28. The Balaban J connectivity index is 3.29. The fourth-order valence-corrected chi connectivity index (χ4v) is 1.59. The van der Waals surface area contributed by atoms with Crippen molar-refractivity contribution in [1.82, 2.24) is 0 Å². The molecule has 0 unspecified atom stereocenters. The number of rotatable bonds is 2. The van der Waals surface area contributed by atoms with E-state index in [9.17, 15) is 5.11 Å². The zero-order chi connectivity index (χ0) is 10.1. The van der Waals surface area contributed by atoms with E-state index >= 15 is 0 Å². The monoisotopic (exact) mass is 199 g/mol. The number of aliphatic hydroxyl groups is 1. The van der Waals surface area contributed by atoms with Gasteiger partial charge in [-0.3, -0.25) is 0 Å². The van der Waals surface area contributed by atoms with Gasteiger partial charge >= 0.3 is 0 Å². The van der Waals surface area contributed by atoms with Crippen molar-refractivity contribution >= 4 is 11.6 Å². The number of halogens is 1. The van der Waals surface area contributed by atoms with Crippen LogP contribution in [0.1, 0.15) is 25.0 Å². The molecule has 3 N–H and O–H groups in total. The quantitative estimate of drug-likeness (QED) is 0.766. The fraction of sp³-hybridized carbons (Fsp3) is 0.400. The molecule has 0 saturated carbocycles. The van der Waals surface area contributed by atoms with Crippen molar-refractivity contribution in [2.24, 2.45) is 5.73 Å². The maximum atomic E-state index is 9.81. The summed E-state index contributed by atoms with van der Waals surface area (Å²) in [6, 6.07) is 5.43. The molecule has 0 bridgehead atoms. The second-order valence-corrected chi connectivity index (χ2v) is 3.94. The van der Waals surface area contributed by atoms with E-state index in [0.717, 1.165) is 11.1 Å². The van der Waals surface area contributed by atoms with Gasteiger partial charge in [-0.1, -0.05) is 23.7 Å². The smallest absolute Gasteiger partial charge is 0.0844 e. The lowest BCUT2D eigenvalue weighted by Crippen LogP contribution is -2.19. The predicted molar refractivity (Wildman–Crippen MR) is 54.6 cm³/mol. The molecule has 2 nitrogen and oxygen atoms in total. The van der Waals surface area contributed by atoms with Crippen molar-refractivity contribution in [2.75, 3.05) is 0 Å². The van der Waals surface area contributed by atoms with E-state index in [0.29, 0.717) is 11.6 Å². The van der Waals surface area contributed by atoms with Crippen LogP contribution in [0.3, 0.4) is 0 Å². The molecule has 0 amide bonds. The SMILES string of the molecule is CC(C)(O)c1cccc(Cl)c1CN. The molecule has 1 rings (SSSR count). The second-order valence-electron chi connectivity index (χ2n) is 3.53. The minimum absolute atomic E-state index is 0.346. The van der Waals surface area contributed by atoms with Crippen molar-refractivity contribution in [3.8, 4) is 0 Å². The van der Waals surface area contributed by atoms with Gasteiger partial charge in [0.2, 0.25) is 0 Å². The molecule has 0 aromatic heterocycles. The first-order valence-electron chi connectivity index (χ1n) is 4.17. The van der Waals surface area contributed by atoms with Gasteiger partial charge in [-0.25, -0.2) is 0 Å². The van der Waals surface area contributed by atoms with E-state index in [4.69, 9.17) is 17.3 Å². The summed E-state index contributed by atoms with van der Waals surface area (Å²) >= 11 is 5.94. The predicted octanol–water partition coefficient (Wildman–Crippen LogP) is 2.03. The molecule has 0 aliphatic carbocycles. The minimum atomic E-state index is -0.889.